The van der Waals surface area contributed by atoms with Gasteiger partial charge >= 0.3 is 0 Å². The maximum atomic E-state index is 14.4. The Morgan fingerprint density at radius 1 is 0.462 bits per heavy atom. The summed E-state index contributed by atoms with van der Waals surface area (Å²) in [6.45, 7) is 0. The first-order valence-electron chi connectivity index (χ1n) is 7.29. The van der Waals surface area contributed by atoms with Gasteiger partial charge in [-0.05, 0) is 47.5 Å². The number of hydrogen-bond donors (Lipinski definition) is 0. The monoisotopic (exact) mass is 368 g/mol. The minimum atomic E-state index is -1.78. The summed E-state index contributed by atoms with van der Waals surface area (Å²) in [5.41, 5.74) is -2.23. The zero-order valence-corrected chi connectivity index (χ0v) is 13.1. The molecule has 0 aliphatic heterocycles. The molecule has 0 saturated heterocycles. The molecule has 8 heteroatoms. The zero-order valence-electron chi connectivity index (χ0n) is 13.1. The van der Waals surface area contributed by atoms with E-state index in [9.17, 15) is 30.7 Å². The Bertz CT molecular complexity index is 961. The first kappa shape index (κ1) is 18.0. The molecule has 0 unspecified atom stereocenters. The minimum absolute atomic E-state index is 0.276. The van der Waals surface area contributed by atoms with E-state index in [1.807, 2.05) is 0 Å². The molecule has 0 amide bonds. The van der Waals surface area contributed by atoms with Crippen LogP contribution in [-0.4, -0.2) is 7.85 Å². The molecule has 3 aromatic rings. The van der Waals surface area contributed by atoms with Gasteiger partial charge in [-0.2, -0.15) is 0 Å². The van der Waals surface area contributed by atoms with E-state index >= 15 is 0 Å². The fourth-order valence-electron chi connectivity index (χ4n) is 2.67. The molecule has 132 valence electrons. The Kier molecular flexibility index (Phi) is 4.52. The number of benzene rings is 3. The molecule has 3 rings (SSSR count). The van der Waals surface area contributed by atoms with Crippen LogP contribution in [0.15, 0.2) is 36.4 Å². The van der Waals surface area contributed by atoms with Gasteiger partial charge in [0.15, 0.2) is 17.5 Å². The zero-order chi connectivity index (χ0) is 19.2. The van der Waals surface area contributed by atoms with Gasteiger partial charge in [0.2, 0.25) is 0 Å². The predicted octanol–water partition coefficient (Wildman–Crippen LogP) is 4.25. The molecular formula is C18H8BF7. The Labute approximate surface area is 144 Å². The van der Waals surface area contributed by atoms with Crippen molar-refractivity contribution in [2.24, 2.45) is 0 Å². The van der Waals surface area contributed by atoms with Gasteiger partial charge in [-0.15, -0.1) is 0 Å². The van der Waals surface area contributed by atoms with Gasteiger partial charge in [-0.25, -0.2) is 30.7 Å². The Morgan fingerprint density at radius 2 is 0.769 bits per heavy atom. The van der Waals surface area contributed by atoms with Crippen molar-refractivity contribution >= 4 is 13.3 Å². The first-order chi connectivity index (χ1) is 12.2. The molecule has 0 bridgehead atoms. The van der Waals surface area contributed by atoms with Crippen molar-refractivity contribution in [3.8, 4) is 22.3 Å². The van der Waals surface area contributed by atoms with Crippen molar-refractivity contribution in [1.82, 2.24) is 0 Å². The summed E-state index contributed by atoms with van der Waals surface area (Å²) >= 11 is 0. The second kappa shape index (κ2) is 6.51. The lowest BCUT2D eigenvalue weighted by atomic mass is 9.92. The average Bonchev–Trinajstić information content (AvgIpc) is 2.50. The van der Waals surface area contributed by atoms with Crippen LogP contribution < -0.4 is 5.46 Å². The fraction of sp³-hybridized carbons (Fsp3) is 0. The first-order valence-corrected chi connectivity index (χ1v) is 7.29. The van der Waals surface area contributed by atoms with E-state index in [1.54, 1.807) is 0 Å². The Hall–Kier alpha value is -2.77. The third kappa shape index (κ3) is 3.07. The molecular weight excluding hydrogens is 360 g/mol. The van der Waals surface area contributed by atoms with E-state index in [0.29, 0.717) is 24.3 Å². The Balaban J connectivity index is 2.20. The summed E-state index contributed by atoms with van der Waals surface area (Å²) in [6.07, 6.45) is 0. The minimum Gasteiger partial charge on any atom is -0.206 e. The van der Waals surface area contributed by atoms with Gasteiger partial charge in [-0.1, -0.05) is 5.46 Å². The van der Waals surface area contributed by atoms with Gasteiger partial charge in [0, 0.05) is 0 Å². The molecule has 0 radical (unpaired) electrons. The van der Waals surface area contributed by atoms with Crippen LogP contribution in [0, 0.1) is 40.7 Å². The maximum absolute atomic E-state index is 14.4. The second-order valence-electron chi connectivity index (χ2n) is 5.67. The molecule has 0 heterocycles. The van der Waals surface area contributed by atoms with Crippen LogP contribution in [0.1, 0.15) is 0 Å². The fourth-order valence-corrected chi connectivity index (χ4v) is 2.67. The molecule has 0 aliphatic carbocycles. The molecule has 0 aliphatic rings. The maximum Gasteiger partial charge on any atom is 0.194 e. The summed E-state index contributed by atoms with van der Waals surface area (Å²) in [5.74, 6) is -9.71. The van der Waals surface area contributed by atoms with Crippen LogP contribution >= 0.6 is 0 Å². The molecule has 0 N–H and O–H groups in total. The summed E-state index contributed by atoms with van der Waals surface area (Å²) < 4.78 is 96.4. The molecule has 26 heavy (non-hydrogen) atoms. The third-order valence-corrected chi connectivity index (χ3v) is 3.79. The highest BCUT2D eigenvalue weighted by Crippen LogP contribution is 2.34. The lowest BCUT2D eigenvalue weighted by Crippen LogP contribution is -2.06. The summed E-state index contributed by atoms with van der Waals surface area (Å²) in [7, 11) is 1.44. The molecule has 0 nitrogen and oxygen atoms in total. The summed E-state index contributed by atoms with van der Waals surface area (Å²) in [6, 6.07) is 4.10. The third-order valence-electron chi connectivity index (χ3n) is 3.79. The highest BCUT2D eigenvalue weighted by molar-refractivity contribution is 6.32. The van der Waals surface area contributed by atoms with Crippen LogP contribution in [0.2, 0.25) is 0 Å². The number of hydrogen-bond acceptors (Lipinski definition) is 0. The SMILES string of the molecule is Bc1cc(F)c(-c2cc(F)c(-c3cc(F)c(F)c(F)c3)c(F)c2)c(F)c1. The predicted molar refractivity (Wildman–Crippen MR) is 85.2 cm³/mol. The average molecular weight is 368 g/mol. The van der Waals surface area contributed by atoms with E-state index in [1.165, 1.54) is 7.85 Å². The van der Waals surface area contributed by atoms with Crippen molar-refractivity contribution in [1.29, 1.82) is 0 Å². The topological polar surface area (TPSA) is 0 Å². The molecule has 0 fully saturated rings. The van der Waals surface area contributed by atoms with Gasteiger partial charge in [0.25, 0.3) is 0 Å². The number of halogens is 7. The molecule has 0 atom stereocenters. The molecule has 0 saturated carbocycles. The van der Waals surface area contributed by atoms with E-state index in [2.05, 4.69) is 0 Å². The van der Waals surface area contributed by atoms with E-state index in [0.717, 1.165) is 12.1 Å². The lowest BCUT2D eigenvalue weighted by molar-refractivity contribution is 0.447. The summed E-state index contributed by atoms with van der Waals surface area (Å²) in [5, 5.41) is 0. The van der Waals surface area contributed by atoms with Crippen molar-refractivity contribution in [3.63, 3.8) is 0 Å². The highest BCUT2D eigenvalue weighted by Gasteiger charge is 2.21. The van der Waals surface area contributed by atoms with Gasteiger partial charge in [-0.3, -0.25) is 0 Å². The van der Waals surface area contributed by atoms with Crippen LogP contribution in [-0.2, 0) is 0 Å². The van der Waals surface area contributed by atoms with Gasteiger partial charge < -0.3 is 0 Å². The van der Waals surface area contributed by atoms with Crippen LogP contribution in [0.4, 0.5) is 30.7 Å². The summed E-state index contributed by atoms with van der Waals surface area (Å²) in [4.78, 5) is 0. The highest BCUT2D eigenvalue weighted by atomic mass is 19.2. The molecule has 0 aromatic heterocycles. The van der Waals surface area contributed by atoms with Gasteiger partial charge in [0.1, 0.15) is 31.1 Å². The lowest BCUT2D eigenvalue weighted by Gasteiger charge is -2.11. The van der Waals surface area contributed by atoms with Gasteiger partial charge in [0.05, 0.1) is 11.1 Å². The normalized spacial score (nSPS) is 11.0. The molecule has 3 aromatic carbocycles. The van der Waals surface area contributed by atoms with Crippen LogP contribution in [0.25, 0.3) is 22.3 Å². The molecule has 0 spiro atoms. The van der Waals surface area contributed by atoms with Crippen LogP contribution in [0.5, 0.6) is 0 Å². The Morgan fingerprint density at radius 3 is 1.15 bits per heavy atom. The van der Waals surface area contributed by atoms with E-state index < -0.39 is 63.0 Å². The van der Waals surface area contributed by atoms with Crippen molar-refractivity contribution in [2.45, 2.75) is 0 Å². The van der Waals surface area contributed by atoms with Crippen molar-refractivity contribution in [2.75, 3.05) is 0 Å². The second-order valence-corrected chi connectivity index (χ2v) is 5.67. The smallest absolute Gasteiger partial charge is 0.194 e. The van der Waals surface area contributed by atoms with E-state index in [-0.39, 0.29) is 5.46 Å². The van der Waals surface area contributed by atoms with Crippen molar-refractivity contribution in [3.05, 3.63) is 77.1 Å². The quantitative estimate of drug-likeness (QED) is 0.361. The largest absolute Gasteiger partial charge is 0.206 e. The van der Waals surface area contributed by atoms with Crippen LogP contribution in [0.3, 0.4) is 0 Å². The number of rotatable bonds is 2. The van der Waals surface area contributed by atoms with Crippen molar-refractivity contribution < 1.29 is 30.7 Å². The van der Waals surface area contributed by atoms with E-state index in [4.69, 9.17) is 0 Å². The standard InChI is InChI=1S/C18H8BF7/c19-9-5-12(22)17(13(23)6-9)7-1-10(20)16(11(21)2-7)8-3-14(24)18(26)15(25)4-8/h1-6H,19H2.